The highest BCUT2D eigenvalue weighted by molar-refractivity contribution is 6.36. The molecule has 0 bridgehead atoms. The molecule has 0 amide bonds. The number of hydrogen-bond donors (Lipinski definition) is 0. The maximum Gasteiger partial charge on any atom is 0.228 e. The molecule has 0 atom stereocenters. The van der Waals surface area contributed by atoms with Crippen LogP contribution in [0.5, 0.6) is 11.5 Å². The Kier molecular flexibility index (Phi) is 4.26. The fourth-order valence-electron chi connectivity index (χ4n) is 2.52. The van der Waals surface area contributed by atoms with Crippen molar-refractivity contribution in [2.24, 2.45) is 0 Å². The van der Waals surface area contributed by atoms with Gasteiger partial charge in [0, 0.05) is 24.6 Å². The van der Waals surface area contributed by atoms with Gasteiger partial charge in [0.2, 0.25) is 5.91 Å². The molecule has 0 aliphatic heterocycles. The van der Waals surface area contributed by atoms with E-state index in [9.17, 15) is 4.79 Å². The number of fused-ring (bicyclic) bond motifs is 1. The lowest BCUT2D eigenvalue weighted by Crippen LogP contribution is -2.06. The van der Waals surface area contributed by atoms with Crippen molar-refractivity contribution in [1.82, 2.24) is 4.57 Å². The number of benzene rings is 2. The molecule has 1 heterocycles. The summed E-state index contributed by atoms with van der Waals surface area (Å²) in [7, 11) is 1.55. The molecule has 3 aromatic rings. The van der Waals surface area contributed by atoms with Crippen LogP contribution in [-0.4, -0.2) is 17.6 Å². The van der Waals surface area contributed by atoms with E-state index < -0.39 is 0 Å². The van der Waals surface area contributed by atoms with Gasteiger partial charge in [0.25, 0.3) is 0 Å². The number of halogens is 1. The van der Waals surface area contributed by atoms with Crippen molar-refractivity contribution in [3.63, 3.8) is 0 Å². The van der Waals surface area contributed by atoms with Crippen LogP contribution in [0.4, 0.5) is 0 Å². The number of rotatable bonds is 4. The van der Waals surface area contributed by atoms with Crippen molar-refractivity contribution in [2.45, 2.75) is 13.5 Å². The van der Waals surface area contributed by atoms with Crippen molar-refractivity contribution in [3.05, 3.63) is 59.2 Å². The summed E-state index contributed by atoms with van der Waals surface area (Å²) in [6.07, 6.45) is 1.69. The predicted molar refractivity (Wildman–Crippen MR) is 90.6 cm³/mol. The maximum absolute atomic E-state index is 11.9. The third-order valence-electron chi connectivity index (χ3n) is 3.63. The third kappa shape index (κ3) is 2.90. The highest BCUT2D eigenvalue weighted by Gasteiger charge is 2.19. The average Bonchev–Trinajstić information content (AvgIpc) is 3.00. The van der Waals surface area contributed by atoms with Crippen molar-refractivity contribution in [2.75, 3.05) is 7.11 Å². The number of methoxy groups -OCH3 is 1. The molecule has 0 aliphatic rings. The van der Waals surface area contributed by atoms with E-state index in [1.54, 1.807) is 25.4 Å². The summed E-state index contributed by atoms with van der Waals surface area (Å²) in [6.45, 7) is 1.87. The molecule has 4 nitrogen and oxygen atoms in total. The molecule has 0 N–H and O–H groups in total. The Bertz CT molecular complexity index is 856. The zero-order chi connectivity index (χ0) is 16.4. The maximum atomic E-state index is 11.9. The van der Waals surface area contributed by atoms with Crippen molar-refractivity contribution < 1.29 is 14.3 Å². The summed E-state index contributed by atoms with van der Waals surface area (Å²) < 4.78 is 12.9. The monoisotopic (exact) mass is 329 g/mol. The first-order valence-corrected chi connectivity index (χ1v) is 7.55. The van der Waals surface area contributed by atoms with Crippen LogP contribution in [-0.2, 0) is 6.61 Å². The van der Waals surface area contributed by atoms with E-state index in [4.69, 9.17) is 21.1 Å². The molecule has 23 heavy (non-hydrogen) atoms. The van der Waals surface area contributed by atoms with Crippen LogP contribution in [0.1, 0.15) is 17.3 Å². The zero-order valence-electron chi connectivity index (χ0n) is 12.9. The lowest BCUT2D eigenvalue weighted by Gasteiger charge is -2.14. The first kappa shape index (κ1) is 15.4. The van der Waals surface area contributed by atoms with Crippen molar-refractivity contribution in [1.29, 1.82) is 0 Å². The molecule has 0 aliphatic carbocycles. The van der Waals surface area contributed by atoms with Crippen molar-refractivity contribution >= 4 is 28.4 Å². The SMILES string of the molecule is COc1cc(Cl)c2ccn(C(C)=O)c2c1OCc1ccccc1. The second-order valence-electron chi connectivity index (χ2n) is 5.13. The van der Waals surface area contributed by atoms with Gasteiger partial charge in [-0.05, 0) is 11.6 Å². The highest BCUT2D eigenvalue weighted by atomic mass is 35.5. The van der Waals surface area contributed by atoms with Crippen LogP contribution in [0.15, 0.2) is 48.7 Å². The molecule has 0 spiro atoms. The fraction of sp³-hybridized carbons (Fsp3) is 0.167. The number of aromatic nitrogens is 1. The molecule has 1 aromatic heterocycles. The largest absolute Gasteiger partial charge is 0.493 e. The lowest BCUT2D eigenvalue weighted by atomic mass is 10.2. The summed E-state index contributed by atoms with van der Waals surface area (Å²) >= 11 is 6.29. The molecule has 0 unspecified atom stereocenters. The Morgan fingerprint density at radius 2 is 1.96 bits per heavy atom. The normalized spacial score (nSPS) is 10.7. The van der Waals surface area contributed by atoms with Gasteiger partial charge in [-0.25, -0.2) is 0 Å². The molecule has 0 fully saturated rings. The van der Waals surface area contributed by atoms with Crippen molar-refractivity contribution in [3.8, 4) is 11.5 Å². The van der Waals surface area contributed by atoms with Gasteiger partial charge in [-0.1, -0.05) is 41.9 Å². The Hall–Kier alpha value is -2.46. The summed E-state index contributed by atoms with van der Waals surface area (Å²) in [5, 5.41) is 1.27. The Balaban J connectivity index is 2.11. The van der Waals surface area contributed by atoms with E-state index >= 15 is 0 Å². The Labute approximate surface area is 139 Å². The average molecular weight is 330 g/mol. The summed E-state index contributed by atoms with van der Waals surface area (Å²) in [4.78, 5) is 11.9. The van der Waals surface area contributed by atoms with E-state index in [2.05, 4.69) is 0 Å². The standard InChI is InChI=1S/C18H16ClNO3/c1-12(21)20-9-8-14-15(19)10-16(22-2)18(17(14)20)23-11-13-6-4-3-5-7-13/h3-10H,11H2,1-2H3. The van der Waals surface area contributed by atoms with Crippen LogP contribution in [0.3, 0.4) is 0 Å². The summed E-state index contributed by atoms with van der Waals surface area (Å²) in [5.74, 6) is 0.893. The molecule has 3 rings (SSSR count). The summed E-state index contributed by atoms with van der Waals surface area (Å²) in [6, 6.07) is 13.3. The van der Waals surface area contributed by atoms with Gasteiger partial charge in [0.05, 0.1) is 12.1 Å². The Morgan fingerprint density at radius 1 is 1.22 bits per heavy atom. The lowest BCUT2D eigenvalue weighted by molar-refractivity contribution is 0.0941. The fourth-order valence-corrected chi connectivity index (χ4v) is 2.77. The van der Waals surface area contributed by atoms with Gasteiger partial charge in [0.15, 0.2) is 11.5 Å². The minimum absolute atomic E-state index is 0.117. The zero-order valence-corrected chi connectivity index (χ0v) is 13.6. The van der Waals surface area contributed by atoms with Gasteiger partial charge in [-0.2, -0.15) is 0 Å². The third-order valence-corrected chi connectivity index (χ3v) is 3.94. The van der Waals surface area contributed by atoms with Crippen LogP contribution >= 0.6 is 11.6 Å². The van der Waals surface area contributed by atoms with Gasteiger partial charge in [0.1, 0.15) is 12.1 Å². The van der Waals surface area contributed by atoms with Crippen LogP contribution in [0.25, 0.3) is 10.9 Å². The molecule has 0 saturated carbocycles. The molecule has 2 aromatic carbocycles. The first-order valence-electron chi connectivity index (χ1n) is 7.17. The first-order chi connectivity index (χ1) is 11.1. The van der Waals surface area contributed by atoms with Gasteiger partial charge >= 0.3 is 0 Å². The molecular formula is C18H16ClNO3. The second kappa shape index (κ2) is 6.34. The van der Waals surface area contributed by atoms with Gasteiger partial charge in [-0.15, -0.1) is 0 Å². The molecule has 0 radical (unpaired) electrons. The number of carbonyl (C=O) groups is 1. The number of ether oxygens (including phenoxy) is 2. The van der Waals surface area contributed by atoms with E-state index in [1.807, 2.05) is 30.3 Å². The molecule has 5 heteroatoms. The number of nitrogens with zero attached hydrogens (tertiary/aromatic N) is 1. The second-order valence-corrected chi connectivity index (χ2v) is 5.54. The smallest absolute Gasteiger partial charge is 0.228 e. The van der Waals surface area contributed by atoms with Crippen LogP contribution in [0, 0.1) is 0 Å². The van der Waals surface area contributed by atoms with E-state index in [0.29, 0.717) is 28.6 Å². The van der Waals surface area contributed by atoms with E-state index in [0.717, 1.165) is 10.9 Å². The van der Waals surface area contributed by atoms with Crippen LogP contribution in [0.2, 0.25) is 5.02 Å². The minimum atomic E-state index is -0.117. The topological polar surface area (TPSA) is 40.5 Å². The minimum Gasteiger partial charge on any atom is -0.493 e. The van der Waals surface area contributed by atoms with Gasteiger partial charge in [-0.3, -0.25) is 9.36 Å². The molecular weight excluding hydrogens is 314 g/mol. The van der Waals surface area contributed by atoms with E-state index in [-0.39, 0.29) is 5.91 Å². The number of carbonyl (C=O) groups excluding carboxylic acids is 1. The quantitative estimate of drug-likeness (QED) is 0.705. The predicted octanol–water partition coefficient (Wildman–Crippen LogP) is 4.54. The Morgan fingerprint density at radius 3 is 2.61 bits per heavy atom. The van der Waals surface area contributed by atoms with Gasteiger partial charge < -0.3 is 9.47 Å². The number of hydrogen-bond acceptors (Lipinski definition) is 3. The van der Waals surface area contributed by atoms with E-state index in [1.165, 1.54) is 11.5 Å². The summed E-state index contributed by atoms with van der Waals surface area (Å²) in [5.41, 5.74) is 1.65. The highest BCUT2D eigenvalue weighted by Crippen LogP contribution is 2.41. The van der Waals surface area contributed by atoms with Crippen LogP contribution < -0.4 is 9.47 Å². The molecule has 118 valence electrons. The molecule has 0 saturated heterocycles.